The van der Waals surface area contributed by atoms with Crippen LogP contribution in [0.1, 0.15) is 57.4 Å². The van der Waals surface area contributed by atoms with E-state index in [1.165, 1.54) is 24.8 Å². The molecule has 0 radical (unpaired) electrons. The maximum absolute atomic E-state index is 13.8. The van der Waals surface area contributed by atoms with Gasteiger partial charge >= 0.3 is 6.03 Å². The molecule has 2 aromatic rings. The van der Waals surface area contributed by atoms with Crippen LogP contribution in [-0.4, -0.2) is 77.5 Å². The Kier molecular flexibility index (Phi) is 7.61. The number of nitrogens with one attached hydrogen (secondary N) is 1. The molecule has 1 aromatic carbocycles. The van der Waals surface area contributed by atoms with Gasteiger partial charge in [-0.25, -0.2) is 4.79 Å². The molecular formula is C30H41N5O3. The number of aromatic nitrogens is 1. The Hall–Kier alpha value is -3.13. The smallest absolute Gasteiger partial charge is 0.321 e. The maximum atomic E-state index is 13.8. The fourth-order valence-corrected chi connectivity index (χ4v) is 6.66. The third-order valence-electron chi connectivity index (χ3n) is 9.28. The summed E-state index contributed by atoms with van der Waals surface area (Å²) >= 11 is 0. The first-order valence-electron chi connectivity index (χ1n) is 14.0. The van der Waals surface area contributed by atoms with Crippen LogP contribution in [0, 0.1) is 5.92 Å². The van der Waals surface area contributed by atoms with E-state index >= 15 is 0 Å². The molecule has 38 heavy (non-hydrogen) atoms. The molecule has 2 aliphatic carbocycles. The molecule has 3 amide bonds. The molecule has 0 bridgehead atoms. The van der Waals surface area contributed by atoms with E-state index in [0.717, 1.165) is 38.8 Å². The number of urea groups is 1. The lowest BCUT2D eigenvalue weighted by atomic mass is 9.68. The van der Waals surface area contributed by atoms with Gasteiger partial charge in [0.05, 0.1) is 12.6 Å². The van der Waals surface area contributed by atoms with Crippen LogP contribution in [0.5, 0.6) is 5.88 Å². The first-order chi connectivity index (χ1) is 18.4. The van der Waals surface area contributed by atoms with Gasteiger partial charge in [-0.3, -0.25) is 9.69 Å². The highest BCUT2D eigenvalue weighted by Crippen LogP contribution is 2.49. The molecule has 1 saturated heterocycles. The lowest BCUT2D eigenvalue weighted by Gasteiger charge is -2.52. The zero-order chi connectivity index (χ0) is 26.8. The predicted molar refractivity (Wildman–Crippen MR) is 148 cm³/mol. The molecule has 2 saturated carbocycles. The Morgan fingerprint density at radius 2 is 1.84 bits per heavy atom. The van der Waals surface area contributed by atoms with Gasteiger partial charge in [0.1, 0.15) is 12.4 Å². The molecule has 8 nitrogen and oxygen atoms in total. The zero-order valence-electron chi connectivity index (χ0n) is 23.0. The Morgan fingerprint density at radius 3 is 2.47 bits per heavy atom. The van der Waals surface area contributed by atoms with Gasteiger partial charge in [0.25, 0.3) is 0 Å². The highest BCUT2D eigenvalue weighted by molar-refractivity contribution is 5.94. The topological polar surface area (TPSA) is 78.0 Å². The number of hydrogen-bond donors (Lipinski definition) is 1. The van der Waals surface area contributed by atoms with Crippen LogP contribution < -0.4 is 10.1 Å². The average molecular weight is 520 g/mol. The van der Waals surface area contributed by atoms with Crippen molar-refractivity contribution in [3.05, 3.63) is 54.1 Å². The number of benzene rings is 1. The first kappa shape index (κ1) is 26.5. The highest BCUT2D eigenvalue weighted by atomic mass is 16.5. The van der Waals surface area contributed by atoms with Crippen LogP contribution >= 0.6 is 0 Å². The zero-order valence-corrected chi connectivity index (χ0v) is 23.0. The summed E-state index contributed by atoms with van der Waals surface area (Å²) in [7, 11) is 3.77. The lowest BCUT2D eigenvalue weighted by Crippen LogP contribution is -2.57. The third kappa shape index (κ3) is 4.98. The highest BCUT2D eigenvalue weighted by Gasteiger charge is 2.55. The number of nitrogens with zero attached hydrogens (tertiary/aromatic N) is 4. The summed E-state index contributed by atoms with van der Waals surface area (Å²) in [5.41, 5.74) is 1.10. The summed E-state index contributed by atoms with van der Waals surface area (Å²) in [6.07, 6.45) is 7.47. The summed E-state index contributed by atoms with van der Waals surface area (Å²) in [6.45, 7) is 4.61. The fraction of sp³-hybridized carbons (Fsp3) is 0.567. The molecule has 204 valence electrons. The normalized spacial score (nSPS) is 25.6. The van der Waals surface area contributed by atoms with Gasteiger partial charge < -0.3 is 19.9 Å². The number of methoxy groups -OCH3 is 1. The molecule has 0 atom stereocenters. The quantitative estimate of drug-likeness (QED) is 0.518. The number of hydrogen-bond acceptors (Lipinski definition) is 5. The van der Waals surface area contributed by atoms with Crippen molar-refractivity contribution < 1.29 is 14.3 Å². The van der Waals surface area contributed by atoms with Gasteiger partial charge in [-0.05, 0) is 69.7 Å². The van der Waals surface area contributed by atoms with Crippen molar-refractivity contribution in [2.24, 2.45) is 5.92 Å². The number of pyridine rings is 1. The maximum Gasteiger partial charge on any atom is 0.321 e. The molecular weight excluding hydrogens is 478 g/mol. The third-order valence-corrected chi connectivity index (χ3v) is 9.28. The molecule has 3 fully saturated rings. The lowest BCUT2D eigenvalue weighted by molar-refractivity contribution is -0.116. The second-order valence-electron chi connectivity index (χ2n) is 11.3. The second-order valence-corrected chi connectivity index (χ2v) is 11.3. The van der Waals surface area contributed by atoms with E-state index in [4.69, 9.17) is 4.74 Å². The van der Waals surface area contributed by atoms with Crippen molar-refractivity contribution in [1.82, 2.24) is 19.7 Å². The molecule has 3 aliphatic rings. The molecule has 1 spiro atoms. The Labute approximate surface area is 226 Å². The van der Waals surface area contributed by atoms with Gasteiger partial charge in [-0.15, -0.1) is 0 Å². The van der Waals surface area contributed by atoms with Gasteiger partial charge in [0.2, 0.25) is 11.8 Å². The summed E-state index contributed by atoms with van der Waals surface area (Å²) in [4.78, 5) is 37.4. The minimum atomic E-state index is -0.236. The monoisotopic (exact) mass is 519 g/mol. The number of carbonyl (C=O) groups is 2. The number of rotatable bonds is 9. The van der Waals surface area contributed by atoms with Gasteiger partial charge in [-0.2, -0.15) is 4.98 Å². The molecule has 8 heteroatoms. The van der Waals surface area contributed by atoms with Crippen molar-refractivity contribution >= 4 is 17.8 Å². The van der Waals surface area contributed by atoms with Crippen LogP contribution in [0.4, 0.5) is 10.6 Å². The van der Waals surface area contributed by atoms with Crippen molar-refractivity contribution in [3.8, 4) is 5.88 Å². The van der Waals surface area contributed by atoms with Crippen LogP contribution in [-0.2, 0) is 10.3 Å². The molecule has 0 unspecified atom stereocenters. The van der Waals surface area contributed by atoms with Crippen LogP contribution in [0.3, 0.4) is 0 Å². The Balaban J connectivity index is 1.34. The average Bonchev–Trinajstić information content (AvgIpc) is 3.16. The van der Waals surface area contributed by atoms with Crippen molar-refractivity contribution in [2.75, 3.05) is 45.7 Å². The minimum absolute atomic E-state index is 0.00158. The van der Waals surface area contributed by atoms with E-state index in [2.05, 4.69) is 64.4 Å². The number of anilines is 1. The van der Waals surface area contributed by atoms with Gasteiger partial charge in [-0.1, -0.05) is 49.7 Å². The minimum Gasteiger partial charge on any atom is -0.481 e. The second kappa shape index (κ2) is 10.9. The van der Waals surface area contributed by atoms with Crippen molar-refractivity contribution in [1.29, 1.82) is 0 Å². The van der Waals surface area contributed by atoms with Crippen LogP contribution in [0.2, 0.25) is 0 Å². The summed E-state index contributed by atoms with van der Waals surface area (Å²) < 4.78 is 5.17. The van der Waals surface area contributed by atoms with E-state index in [-0.39, 0.29) is 29.6 Å². The predicted octanol–water partition coefficient (Wildman–Crippen LogP) is 4.73. The molecule has 1 aliphatic heterocycles. The molecule has 2 heterocycles. The number of amides is 3. The molecule has 1 aromatic heterocycles. The van der Waals surface area contributed by atoms with E-state index in [1.807, 2.05) is 0 Å². The van der Waals surface area contributed by atoms with Crippen molar-refractivity contribution in [2.45, 2.75) is 62.9 Å². The van der Waals surface area contributed by atoms with Crippen molar-refractivity contribution in [3.63, 3.8) is 0 Å². The Bertz CT molecular complexity index is 1130. The fourth-order valence-electron chi connectivity index (χ4n) is 6.66. The summed E-state index contributed by atoms with van der Waals surface area (Å²) in [5, 5.41) is 2.84. The van der Waals surface area contributed by atoms with Gasteiger partial charge in [0, 0.05) is 24.7 Å². The number of carbonyl (C=O) groups excluding carboxylic acids is 2. The summed E-state index contributed by atoms with van der Waals surface area (Å²) in [5.74, 6) is 1.20. The van der Waals surface area contributed by atoms with Crippen LogP contribution in [0.15, 0.2) is 48.5 Å². The van der Waals surface area contributed by atoms with E-state index in [1.54, 1.807) is 30.2 Å². The SMILES string of the molecule is CCN(C)[C@]1(c2ccccc2)CC[C@]2(CC1)CN(CC(=O)Nc1cccc(OC)n1)C(=O)N2CC1CCC1. The standard InChI is InChI=1S/C30H41N5O3/c1-4-33(2)30(24-12-6-5-7-13-24)18-16-29(17-19-30)22-34(28(37)35(29)20-23-10-8-11-23)21-26(36)31-25-14-9-15-27(32-25)38-3/h5-7,9,12-15,23H,4,8,10-11,16-22H2,1-3H3,(H,31,32,36)/t29-,30+. The summed E-state index contributed by atoms with van der Waals surface area (Å²) in [6, 6.07) is 16.1. The molecule has 1 N–H and O–H groups in total. The van der Waals surface area contributed by atoms with E-state index in [9.17, 15) is 9.59 Å². The van der Waals surface area contributed by atoms with Gasteiger partial charge in [0.15, 0.2) is 0 Å². The Morgan fingerprint density at radius 1 is 1.11 bits per heavy atom. The van der Waals surface area contributed by atoms with E-state index < -0.39 is 0 Å². The molecule has 5 rings (SSSR count). The van der Waals surface area contributed by atoms with Crippen LogP contribution in [0.25, 0.3) is 0 Å². The largest absolute Gasteiger partial charge is 0.481 e. The first-order valence-corrected chi connectivity index (χ1v) is 14.0. The van der Waals surface area contributed by atoms with E-state index in [0.29, 0.717) is 24.2 Å². The number of ether oxygens (including phenoxy) is 1.